The SMILES string of the molecule is O=C(O)c1ccc(OCCNC2CCOCC2)cc1. The van der Waals surface area contributed by atoms with Crippen molar-refractivity contribution in [1.29, 1.82) is 0 Å². The minimum atomic E-state index is -0.923. The molecule has 19 heavy (non-hydrogen) atoms. The zero-order valence-corrected chi connectivity index (χ0v) is 10.8. The van der Waals surface area contributed by atoms with Gasteiger partial charge in [-0.1, -0.05) is 0 Å². The Balaban J connectivity index is 1.66. The molecule has 0 radical (unpaired) electrons. The van der Waals surface area contributed by atoms with Gasteiger partial charge in [0.2, 0.25) is 0 Å². The standard InChI is InChI=1S/C14H19NO4/c16-14(17)11-1-3-13(4-2-11)19-10-7-15-12-5-8-18-9-6-12/h1-4,12,15H,5-10H2,(H,16,17). The van der Waals surface area contributed by atoms with Crippen LogP contribution in [0.5, 0.6) is 5.75 Å². The Morgan fingerprint density at radius 1 is 1.32 bits per heavy atom. The topological polar surface area (TPSA) is 67.8 Å². The summed E-state index contributed by atoms with van der Waals surface area (Å²) in [5.41, 5.74) is 0.271. The second-order valence-electron chi connectivity index (χ2n) is 4.52. The molecule has 0 amide bonds. The minimum absolute atomic E-state index is 0.271. The largest absolute Gasteiger partial charge is 0.492 e. The molecule has 0 aliphatic carbocycles. The molecule has 0 aromatic heterocycles. The molecule has 0 atom stereocenters. The number of rotatable bonds is 6. The predicted molar refractivity (Wildman–Crippen MR) is 70.7 cm³/mol. The molecule has 1 fully saturated rings. The summed E-state index contributed by atoms with van der Waals surface area (Å²) in [6, 6.07) is 6.97. The Bertz CT molecular complexity index is 398. The molecule has 0 spiro atoms. The van der Waals surface area contributed by atoms with Gasteiger partial charge in [0.05, 0.1) is 5.56 Å². The van der Waals surface area contributed by atoms with Crippen LogP contribution < -0.4 is 10.1 Å². The highest BCUT2D eigenvalue weighted by Gasteiger charge is 2.12. The molecule has 5 nitrogen and oxygen atoms in total. The monoisotopic (exact) mass is 265 g/mol. The second kappa shape index (κ2) is 7.11. The first-order valence-corrected chi connectivity index (χ1v) is 6.53. The van der Waals surface area contributed by atoms with Crippen molar-refractivity contribution < 1.29 is 19.4 Å². The molecule has 1 aromatic carbocycles. The molecular formula is C14H19NO4. The van der Waals surface area contributed by atoms with Crippen LogP contribution in [-0.4, -0.2) is 43.5 Å². The van der Waals surface area contributed by atoms with E-state index >= 15 is 0 Å². The number of carboxylic acid groups (broad SMARTS) is 1. The van der Waals surface area contributed by atoms with E-state index < -0.39 is 5.97 Å². The van der Waals surface area contributed by atoms with Crippen molar-refractivity contribution in [1.82, 2.24) is 5.32 Å². The Morgan fingerprint density at radius 3 is 2.63 bits per heavy atom. The van der Waals surface area contributed by atoms with E-state index in [1.807, 2.05) is 0 Å². The Morgan fingerprint density at radius 2 is 2.00 bits per heavy atom. The highest BCUT2D eigenvalue weighted by Crippen LogP contribution is 2.12. The normalized spacial score (nSPS) is 16.2. The number of carboxylic acids is 1. The third kappa shape index (κ3) is 4.54. The van der Waals surface area contributed by atoms with Crippen molar-refractivity contribution in [2.24, 2.45) is 0 Å². The van der Waals surface area contributed by atoms with Crippen molar-refractivity contribution in [2.45, 2.75) is 18.9 Å². The molecule has 0 unspecified atom stereocenters. The molecule has 0 saturated carbocycles. The smallest absolute Gasteiger partial charge is 0.335 e. The fourth-order valence-corrected chi connectivity index (χ4v) is 2.03. The molecule has 2 N–H and O–H groups in total. The molecule has 1 aliphatic rings. The summed E-state index contributed by atoms with van der Waals surface area (Å²) >= 11 is 0. The van der Waals surface area contributed by atoms with Gasteiger partial charge < -0.3 is 19.9 Å². The number of hydrogen-bond donors (Lipinski definition) is 2. The van der Waals surface area contributed by atoms with Crippen molar-refractivity contribution in [3.8, 4) is 5.75 Å². The maximum Gasteiger partial charge on any atom is 0.335 e. The number of nitrogens with one attached hydrogen (secondary N) is 1. The summed E-state index contributed by atoms with van der Waals surface area (Å²) in [7, 11) is 0. The molecule has 1 saturated heterocycles. The Labute approximate surface area is 112 Å². The average molecular weight is 265 g/mol. The molecule has 1 aromatic rings. The van der Waals surface area contributed by atoms with Crippen LogP contribution in [0.2, 0.25) is 0 Å². The van der Waals surface area contributed by atoms with Crippen LogP contribution in [0.15, 0.2) is 24.3 Å². The lowest BCUT2D eigenvalue weighted by Gasteiger charge is -2.23. The van der Waals surface area contributed by atoms with Gasteiger partial charge in [-0.25, -0.2) is 4.79 Å². The van der Waals surface area contributed by atoms with Crippen molar-refractivity contribution in [2.75, 3.05) is 26.4 Å². The average Bonchev–Trinajstić information content (AvgIpc) is 2.45. The van der Waals surface area contributed by atoms with Gasteiger partial charge in [-0.2, -0.15) is 0 Å². The number of aromatic carboxylic acids is 1. The summed E-state index contributed by atoms with van der Waals surface area (Å²) in [4.78, 5) is 10.7. The molecule has 1 heterocycles. The highest BCUT2D eigenvalue weighted by molar-refractivity contribution is 5.87. The van der Waals surface area contributed by atoms with E-state index in [0.29, 0.717) is 18.4 Å². The van der Waals surface area contributed by atoms with Gasteiger partial charge in [-0.15, -0.1) is 0 Å². The molecule has 1 aliphatic heterocycles. The van der Waals surface area contributed by atoms with Crippen molar-refractivity contribution >= 4 is 5.97 Å². The van der Waals surface area contributed by atoms with Gasteiger partial charge in [0.1, 0.15) is 12.4 Å². The predicted octanol–water partition coefficient (Wildman–Crippen LogP) is 1.53. The first-order valence-electron chi connectivity index (χ1n) is 6.53. The van der Waals surface area contributed by atoms with Crippen molar-refractivity contribution in [3.63, 3.8) is 0 Å². The van der Waals surface area contributed by atoms with Crippen LogP contribution in [0.4, 0.5) is 0 Å². The van der Waals surface area contributed by atoms with E-state index in [2.05, 4.69) is 5.32 Å². The van der Waals surface area contributed by atoms with Crippen LogP contribution in [0, 0.1) is 0 Å². The van der Waals surface area contributed by atoms with E-state index in [-0.39, 0.29) is 5.56 Å². The Kier molecular flexibility index (Phi) is 5.18. The molecule has 104 valence electrons. The summed E-state index contributed by atoms with van der Waals surface area (Å²) in [5, 5.41) is 12.2. The zero-order valence-electron chi connectivity index (χ0n) is 10.8. The fraction of sp³-hybridized carbons (Fsp3) is 0.500. The maximum atomic E-state index is 10.7. The van der Waals surface area contributed by atoms with Crippen molar-refractivity contribution in [3.05, 3.63) is 29.8 Å². The summed E-state index contributed by atoms with van der Waals surface area (Å²) in [6.07, 6.45) is 2.10. The lowest BCUT2D eigenvalue weighted by atomic mass is 10.1. The van der Waals surface area contributed by atoms with Gasteiger partial charge >= 0.3 is 5.97 Å². The van der Waals surface area contributed by atoms with Crippen LogP contribution in [-0.2, 0) is 4.74 Å². The quantitative estimate of drug-likeness (QED) is 0.764. The van der Waals surface area contributed by atoms with Crippen LogP contribution >= 0.6 is 0 Å². The number of benzene rings is 1. The summed E-state index contributed by atoms with van der Waals surface area (Å²) < 4.78 is 10.8. The van der Waals surface area contributed by atoms with Gasteiger partial charge in [-0.3, -0.25) is 0 Å². The van der Waals surface area contributed by atoms with E-state index in [1.54, 1.807) is 24.3 Å². The van der Waals surface area contributed by atoms with Gasteiger partial charge in [-0.05, 0) is 37.1 Å². The first kappa shape index (κ1) is 13.8. The maximum absolute atomic E-state index is 10.7. The van der Waals surface area contributed by atoms with E-state index in [0.717, 1.165) is 32.6 Å². The number of ether oxygens (including phenoxy) is 2. The molecule has 0 bridgehead atoms. The van der Waals surface area contributed by atoms with E-state index in [1.165, 1.54) is 0 Å². The first-order chi connectivity index (χ1) is 9.25. The minimum Gasteiger partial charge on any atom is -0.492 e. The molecule has 5 heteroatoms. The number of carbonyl (C=O) groups is 1. The molecule has 2 rings (SSSR count). The zero-order chi connectivity index (χ0) is 13.5. The Hall–Kier alpha value is -1.59. The van der Waals surface area contributed by atoms with Crippen LogP contribution in [0.25, 0.3) is 0 Å². The lowest BCUT2D eigenvalue weighted by Crippen LogP contribution is -2.37. The summed E-state index contributed by atoms with van der Waals surface area (Å²) in [5.74, 6) is -0.230. The molecular weight excluding hydrogens is 246 g/mol. The van der Waals surface area contributed by atoms with Gasteiger partial charge in [0.25, 0.3) is 0 Å². The van der Waals surface area contributed by atoms with E-state index in [9.17, 15) is 4.79 Å². The van der Waals surface area contributed by atoms with Crippen LogP contribution in [0.3, 0.4) is 0 Å². The third-order valence-corrected chi connectivity index (χ3v) is 3.13. The van der Waals surface area contributed by atoms with Crippen LogP contribution in [0.1, 0.15) is 23.2 Å². The van der Waals surface area contributed by atoms with Gasteiger partial charge in [0, 0.05) is 25.8 Å². The highest BCUT2D eigenvalue weighted by atomic mass is 16.5. The lowest BCUT2D eigenvalue weighted by molar-refractivity contribution is 0.0696. The van der Waals surface area contributed by atoms with E-state index in [4.69, 9.17) is 14.6 Å². The third-order valence-electron chi connectivity index (χ3n) is 3.13. The van der Waals surface area contributed by atoms with Gasteiger partial charge in [0.15, 0.2) is 0 Å². The summed E-state index contributed by atoms with van der Waals surface area (Å²) in [6.45, 7) is 3.01. The fourth-order valence-electron chi connectivity index (χ4n) is 2.03. The number of hydrogen-bond acceptors (Lipinski definition) is 4. The second-order valence-corrected chi connectivity index (χ2v) is 4.52.